The van der Waals surface area contributed by atoms with E-state index in [9.17, 15) is 14.4 Å². The second-order valence-corrected chi connectivity index (χ2v) is 12.5. The molecule has 0 N–H and O–H groups in total. The number of ether oxygens (including phenoxy) is 3. The molecule has 0 saturated carbocycles. The number of nitrogens with zero attached hydrogens (tertiary/aromatic N) is 4. The first kappa shape index (κ1) is 30.4. The van der Waals surface area contributed by atoms with Crippen molar-refractivity contribution < 1.29 is 28.6 Å². The Morgan fingerprint density at radius 2 is 1.83 bits per heavy atom. The predicted molar refractivity (Wildman–Crippen MR) is 161 cm³/mol. The fourth-order valence-electron chi connectivity index (χ4n) is 5.12. The Kier molecular flexibility index (Phi) is 8.98. The van der Waals surface area contributed by atoms with Gasteiger partial charge in [0.25, 0.3) is 5.91 Å². The lowest BCUT2D eigenvalue weighted by atomic mass is 9.76. The molecule has 220 valence electrons. The highest BCUT2D eigenvalue weighted by Crippen LogP contribution is 2.42. The van der Waals surface area contributed by atoms with Crippen LogP contribution in [-0.4, -0.2) is 85.6 Å². The summed E-state index contributed by atoms with van der Waals surface area (Å²) >= 11 is 1.03. The molecule has 0 radical (unpaired) electrons. The number of hydrogen-bond donors (Lipinski definition) is 0. The zero-order chi connectivity index (χ0) is 30.1. The summed E-state index contributed by atoms with van der Waals surface area (Å²) in [5, 5.41) is 4.52. The molecule has 0 saturated heterocycles. The van der Waals surface area contributed by atoms with Crippen LogP contribution in [0.3, 0.4) is 0 Å². The minimum atomic E-state index is -0.800. The van der Waals surface area contributed by atoms with Crippen LogP contribution in [0.1, 0.15) is 55.6 Å². The van der Waals surface area contributed by atoms with Gasteiger partial charge in [0.05, 0.1) is 25.2 Å². The molecule has 0 spiro atoms. The van der Waals surface area contributed by atoms with E-state index in [4.69, 9.17) is 14.2 Å². The summed E-state index contributed by atoms with van der Waals surface area (Å²) in [5.41, 5.74) is 3.45. The summed E-state index contributed by atoms with van der Waals surface area (Å²) in [7, 11) is 6.85. The fourth-order valence-corrected chi connectivity index (χ4v) is 5.94. The van der Waals surface area contributed by atoms with Crippen molar-refractivity contribution in [3.05, 3.63) is 53.1 Å². The Morgan fingerprint density at radius 3 is 2.49 bits per heavy atom. The van der Waals surface area contributed by atoms with E-state index in [0.717, 1.165) is 40.0 Å². The molecule has 2 heterocycles. The molecule has 3 amide bonds. The molecular formula is C30H38N4O6S. The number of carbonyl (C=O) groups excluding carboxylic acids is 3. The van der Waals surface area contributed by atoms with Crippen molar-refractivity contribution in [2.45, 2.75) is 50.9 Å². The van der Waals surface area contributed by atoms with E-state index in [1.807, 2.05) is 44.1 Å². The van der Waals surface area contributed by atoms with Gasteiger partial charge in [-0.05, 0) is 81.2 Å². The molecule has 2 aromatic rings. The Balaban J connectivity index is 1.68. The number of carbonyl (C=O) groups is 3. The molecular weight excluding hydrogens is 544 g/mol. The topological polar surface area (TPSA) is 101 Å². The summed E-state index contributed by atoms with van der Waals surface area (Å²) in [5.74, 6) is 0.903. The zero-order valence-electron chi connectivity index (χ0n) is 24.9. The zero-order valence-corrected chi connectivity index (χ0v) is 25.7. The number of fused-ring (bicyclic) bond motifs is 1. The molecule has 2 aliphatic heterocycles. The number of benzene rings is 2. The summed E-state index contributed by atoms with van der Waals surface area (Å²) in [4.78, 5) is 42.9. The van der Waals surface area contributed by atoms with Gasteiger partial charge >= 0.3 is 11.3 Å². The van der Waals surface area contributed by atoms with Crippen molar-refractivity contribution in [3.8, 4) is 11.5 Å². The minimum absolute atomic E-state index is 0.138. The SMILES string of the molecule is COc1ccc(C(=O)N2CCC(C)(C)c3cc(C4=NN(C(=O)OC(C)CN(C)C)C(=O)SC4C)ccc32)cc1OC. The molecule has 10 nitrogen and oxygen atoms in total. The van der Waals surface area contributed by atoms with Gasteiger partial charge in [-0.1, -0.05) is 31.7 Å². The van der Waals surface area contributed by atoms with Crippen molar-refractivity contribution >= 4 is 40.4 Å². The molecule has 0 bridgehead atoms. The van der Waals surface area contributed by atoms with Crippen LogP contribution in [0.4, 0.5) is 15.3 Å². The maximum atomic E-state index is 13.7. The van der Waals surface area contributed by atoms with Gasteiger partial charge in [0, 0.05) is 24.3 Å². The molecule has 2 aliphatic rings. The third-order valence-electron chi connectivity index (χ3n) is 7.29. The number of methoxy groups -OCH3 is 2. The van der Waals surface area contributed by atoms with E-state index in [0.29, 0.717) is 35.9 Å². The summed E-state index contributed by atoms with van der Waals surface area (Å²) in [6.45, 7) is 9.02. The average molecular weight is 583 g/mol. The molecule has 2 unspecified atom stereocenters. The first-order valence-corrected chi connectivity index (χ1v) is 14.4. The van der Waals surface area contributed by atoms with Crippen LogP contribution in [0.2, 0.25) is 0 Å². The van der Waals surface area contributed by atoms with Crippen LogP contribution >= 0.6 is 11.8 Å². The van der Waals surface area contributed by atoms with Crippen molar-refractivity contribution in [3.63, 3.8) is 0 Å². The number of rotatable bonds is 7. The van der Waals surface area contributed by atoms with Crippen molar-refractivity contribution in [1.82, 2.24) is 9.91 Å². The standard InChI is InChI=1S/C30H38N4O6S/c1-18(17-32(5)6)40-28(36)34-29(37)41-19(2)26(31-34)20-9-11-23-22(15-20)30(3,4)13-14-33(23)27(35)21-10-12-24(38-7)25(16-21)39-8/h9-12,15-16,18-19H,13-14,17H2,1-8H3. The number of thioether (sulfide) groups is 1. The fraction of sp³-hybridized carbons (Fsp3) is 0.467. The number of amides is 3. The van der Waals surface area contributed by atoms with Gasteiger partial charge in [0.1, 0.15) is 6.10 Å². The van der Waals surface area contributed by atoms with E-state index < -0.39 is 17.4 Å². The lowest BCUT2D eigenvalue weighted by Gasteiger charge is -2.39. The third kappa shape index (κ3) is 6.36. The molecule has 0 fully saturated rings. The maximum absolute atomic E-state index is 13.7. The van der Waals surface area contributed by atoms with E-state index in [1.165, 1.54) is 0 Å². The minimum Gasteiger partial charge on any atom is -0.493 e. The van der Waals surface area contributed by atoms with Crippen LogP contribution in [0.5, 0.6) is 11.5 Å². The highest BCUT2D eigenvalue weighted by molar-refractivity contribution is 8.14. The smallest absolute Gasteiger partial charge is 0.438 e. The quantitative estimate of drug-likeness (QED) is 0.429. The molecule has 4 rings (SSSR count). The number of hydrazone groups is 1. The van der Waals surface area contributed by atoms with Crippen LogP contribution in [0.25, 0.3) is 0 Å². The maximum Gasteiger partial charge on any atom is 0.438 e. The second-order valence-electron chi connectivity index (χ2n) is 11.2. The molecule has 0 aliphatic carbocycles. The van der Waals surface area contributed by atoms with Gasteiger partial charge in [0.2, 0.25) is 0 Å². The average Bonchev–Trinajstić information content (AvgIpc) is 2.91. The van der Waals surface area contributed by atoms with Gasteiger partial charge in [-0.15, -0.1) is 5.01 Å². The largest absolute Gasteiger partial charge is 0.493 e. The molecule has 0 aromatic heterocycles. The van der Waals surface area contributed by atoms with Gasteiger partial charge < -0.3 is 24.0 Å². The lowest BCUT2D eigenvalue weighted by Crippen LogP contribution is -2.42. The molecule has 11 heteroatoms. The molecule has 41 heavy (non-hydrogen) atoms. The molecule has 2 atom stereocenters. The van der Waals surface area contributed by atoms with Gasteiger partial charge in [-0.3, -0.25) is 9.59 Å². The Morgan fingerprint density at radius 1 is 1.12 bits per heavy atom. The van der Waals surface area contributed by atoms with Crippen LogP contribution in [-0.2, 0) is 10.2 Å². The second kappa shape index (κ2) is 12.1. The first-order chi connectivity index (χ1) is 19.4. The molecule has 2 aromatic carbocycles. The highest BCUT2D eigenvalue weighted by Gasteiger charge is 2.37. The third-order valence-corrected chi connectivity index (χ3v) is 8.24. The van der Waals surface area contributed by atoms with Crippen molar-refractivity contribution in [2.24, 2.45) is 5.10 Å². The normalized spacial score (nSPS) is 18.9. The van der Waals surface area contributed by atoms with Crippen LogP contribution in [0, 0.1) is 0 Å². The number of likely N-dealkylation sites (N-methyl/N-ethyl adjacent to an activating group) is 1. The van der Waals surface area contributed by atoms with Crippen LogP contribution < -0.4 is 14.4 Å². The number of anilines is 1. The van der Waals surface area contributed by atoms with Crippen LogP contribution in [0.15, 0.2) is 41.5 Å². The van der Waals surface area contributed by atoms with E-state index in [-0.39, 0.29) is 16.6 Å². The van der Waals surface area contributed by atoms with Crippen molar-refractivity contribution in [1.29, 1.82) is 0 Å². The Hall–Kier alpha value is -3.57. The number of hydrogen-bond acceptors (Lipinski definition) is 9. The Labute approximate surface area is 245 Å². The summed E-state index contributed by atoms with van der Waals surface area (Å²) in [6, 6.07) is 11.0. The van der Waals surface area contributed by atoms with E-state index >= 15 is 0 Å². The highest BCUT2D eigenvalue weighted by atomic mass is 32.2. The predicted octanol–water partition coefficient (Wildman–Crippen LogP) is 5.38. The first-order valence-electron chi connectivity index (χ1n) is 13.5. The monoisotopic (exact) mass is 582 g/mol. The summed E-state index contributed by atoms with van der Waals surface area (Å²) < 4.78 is 16.2. The van der Waals surface area contributed by atoms with Gasteiger partial charge in [-0.25, -0.2) is 4.79 Å². The van der Waals surface area contributed by atoms with Gasteiger partial charge in [0.15, 0.2) is 11.5 Å². The Bertz CT molecular complexity index is 1370. The summed E-state index contributed by atoms with van der Waals surface area (Å²) in [6.07, 6.45) is -0.460. The van der Waals surface area contributed by atoms with E-state index in [1.54, 1.807) is 44.2 Å². The lowest BCUT2D eigenvalue weighted by molar-refractivity contribution is 0.0695. The van der Waals surface area contributed by atoms with Gasteiger partial charge in [-0.2, -0.15) is 5.10 Å². The van der Waals surface area contributed by atoms with Crippen molar-refractivity contribution in [2.75, 3.05) is 46.3 Å². The number of imide groups is 1. The van der Waals surface area contributed by atoms with E-state index in [2.05, 4.69) is 18.9 Å².